The molecule has 0 aliphatic carbocycles. The monoisotopic (exact) mass is 264 g/mol. The number of nitrogens with zero attached hydrogens (tertiary/aromatic N) is 1. The van der Waals surface area contributed by atoms with Gasteiger partial charge in [0.25, 0.3) is 0 Å². The van der Waals surface area contributed by atoms with Gasteiger partial charge in [0.15, 0.2) is 0 Å². The van der Waals surface area contributed by atoms with Crippen molar-refractivity contribution < 1.29 is 9.53 Å². The average molecular weight is 264 g/mol. The summed E-state index contributed by atoms with van der Waals surface area (Å²) in [7, 11) is 1.97. The Morgan fingerprint density at radius 2 is 2.05 bits per heavy atom. The number of carbonyl (C=O) groups is 1. The molecule has 0 spiro atoms. The summed E-state index contributed by atoms with van der Waals surface area (Å²) in [6.07, 6.45) is 2.28. The predicted octanol–water partition coefficient (Wildman–Crippen LogP) is 1.91. The molecule has 4 heteroatoms. The highest BCUT2D eigenvalue weighted by Gasteiger charge is 2.05. The molecule has 0 saturated carbocycles. The number of unbranched alkanes of at least 4 members (excludes halogenated alkanes) is 1. The Hall–Kier alpha value is -1.55. The van der Waals surface area contributed by atoms with Gasteiger partial charge in [-0.25, -0.2) is 0 Å². The van der Waals surface area contributed by atoms with Crippen molar-refractivity contribution in [3.05, 3.63) is 30.3 Å². The Morgan fingerprint density at radius 3 is 2.74 bits per heavy atom. The molecule has 0 radical (unpaired) electrons. The van der Waals surface area contributed by atoms with Crippen LogP contribution >= 0.6 is 0 Å². The zero-order chi connectivity index (χ0) is 13.9. The maximum absolute atomic E-state index is 11.6. The van der Waals surface area contributed by atoms with Crippen LogP contribution in [0.15, 0.2) is 30.3 Å². The van der Waals surface area contributed by atoms with E-state index in [-0.39, 0.29) is 5.91 Å². The Balaban J connectivity index is 2.07. The van der Waals surface area contributed by atoms with Crippen LogP contribution in [0.2, 0.25) is 0 Å². The summed E-state index contributed by atoms with van der Waals surface area (Å²) in [5.74, 6) is 0.882. The van der Waals surface area contributed by atoms with Crippen molar-refractivity contribution in [2.75, 3.05) is 33.3 Å². The average Bonchev–Trinajstić information content (AvgIpc) is 2.42. The van der Waals surface area contributed by atoms with E-state index in [0.29, 0.717) is 19.7 Å². The summed E-state index contributed by atoms with van der Waals surface area (Å²) >= 11 is 0. The largest absolute Gasteiger partial charge is 0.492 e. The standard InChI is InChI=1S/C15H24N2O2/c1-3-4-11-17(2)13-15(18)16-10-12-19-14-8-6-5-7-9-14/h5-9H,3-4,10-13H2,1-2H3,(H,16,18). The van der Waals surface area contributed by atoms with Crippen LogP contribution < -0.4 is 10.1 Å². The second-order valence-electron chi connectivity index (χ2n) is 4.60. The quantitative estimate of drug-likeness (QED) is 0.693. The molecule has 0 saturated heterocycles. The number of benzene rings is 1. The van der Waals surface area contributed by atoms with Gasteiger partial charge in [-0.1, -0.05) is 31.5 Å². The van der Waals surface area contributed by atoms with Gasteiger partial charge >= 0.3 is 0 Å². The van der Waals surface area contributed by atoms with Gasteiger partial charge in [-0.05, 0) is 32.1 Å². The molecule has 0 bridgehead atoms. The summed E-state index contributed by atoms with van der Waals surface area (Å²) in [6, 6.07) is 9.61. The van der Waals surface area contributed by atoms with Crippen LogP contribution in [-0.4, -0.2) is 44.1 Å². The van der Waals surface area contributed by atoms with Crippen molar-refractivity contribution in [1.82, 2.24) is 10.2 Å². The summed E-state index contributed by atoms with van der Waals surface area (Å²) in [5.41, 5.74) is 0. The Kier molecular flexibility index (Phi) is 7.66. The number of rotatable bonds is 9. The van der Waals surface area contributed by atoms with Gasteiger partial charge in [0.1, 0.15) is 12.4 Å². The SMILES string of the molecule is CCCCN(C)CC(=O)NCCOc1ccccc1. The third kappa shape index (κ3) is 7.47. The lowest BCUT2D eigenvalue weighted by Crippen LogP contribution is -2.37. The number of carbonyl (C=O) groups excluding carboxylic acids is 1. The molecule has 0 aliphatic rings. The third-order valence-corrected chi connectivity index (χ3v) is 2.74. The minimum absolute atomic E-state index is 0.0512. The van der Waals surface area contributed by atoms with Crippen LogP contribution in [0.4, 0.5) is 0 Å². The van der Waals surface area contributed by atoms with Crippen LogP contribution in [0, 0.1) is 0 Å². The van der Waals surface area contributed by atoms with Gasteiger partial charge in [-0.2, -0.15) is 0 Å². The molecule has 19 heavy (non-hydrogen) atoms. The van der Waals surface area contributed by atoms with E-state index in [1.54, 1.807) is 0 Å². The highest BCUT2D eigenvalue weighted by Crippen LogP contribution is 2.07. The van der Waals surface area contributed by atoms with Gasteiger partial charge in [0.2, 0.25) is 5.91 Å². The van der Waals surface area contributed by atoms with Gasteiger partial charge in [0.05, 0.1) is 13.1 Å². The maximum atomic E-state index is 11.6. The molecule has 1 rings (SSSR count). The van der Waals surface area contributed by atoms with Crippen LogP contribution in [0.1, 0.15) is 19.8 Å². The summed E-state index contributed by atoms with van der Waals surface area (Å²) in [6.45, 7) is 4.59. The molecule has 1 amide bonds. The van der Waals surface area contributed by atoms with Crippen LogP contribution in [0.3, 0.4) is 0 Å². The highest BCUT2D eigenvalue weighted by atomic mass is 16.5. The Bertz CT molecular complexity index is 354. The number of hydrogen-bond acceptors (Lipinski definition) is 3. The van der Waals surface area contributed by atoms with E-state index >= 15 is 0 Å². The Morgan fingerprint density at radius 1 is 1.32 bits per heavy atom. The van der Waals surface area contributed by atoms with Crippen molar-refractivity contribution in [2.24, 2.45) is 0 Å². The van der Waals surface area contributed by atoms with E-state index in [4.69, 9.17) is 4.74 Å². The fourth-order valence-electron chi connectivity index (χ4n) is 1.68. The molecule has 1 N–H and O–H groups in total. The first kappa shape index (κ1) is 15.5. The highest BCUT2D eigenvalue weighted by molar-refractivity contribution is 5.77. The van der Waals surface area contributed by atoms with Crippen molar-refractivity contribution in [3.63, 3.8) is 0 Å². The van der Waals surface area contributed by atoms with E-state index < -0.39 is 0 Å². The van der Waals surface area contributed by atoms with Crippen molar-refractivity contribution in [2.45, 2.75) is 19.8 Å². The number of hydrogen-bond donors (Lipinski definition) is 1. The second-order valence-corrected chi connectivity index (χ2v) is 4.60. The van der Waals surface area contributed by atoms with Crippen molar-refractivity contribution in [1.29, 1.82) is 0 Å². The molecule has 0 fully saturated rings. The lowest BCUT2D eigenvalue weighted by atomic mass is 10.3. The van der Waals surface area contributed by atoms with E-state index in [0.717, 1.165) is 25.1 Å². The van der Waals surface area contributed by atoms with E-state index in [1.807, 2.05) is 42.3 Å². The van der Waals surface area contributed by atoms with E-state index in [9.17, 15) is 4.79 Å². The minimum Gasteiger partial charge on any atom is -0.492 e. The van der Waals surface area contributed by atoms with Gasteiger partial charge < -0.3 is 10.1 Å². The molecule has 1 aromatic carbocycles. The second kappa shape index (κ2) is 9.39. The van der Waals surface area contributed by atoms with Crippen molar-refractivity contribution in [3.8, 4) is 5.75 Å². The third-order valence-electron chi connectivity index (χ3n) is 2.74. The maximum Gasteiger partial charge on any atom is 0.234 e. The lowest BCUT2D eigenvalue weighted by Gasteiger charge is -2.15. The number of nitrogens with one attached hydrogen (secondary N) is 1. The zero-order valence-electron chi connectivity index (χ0n) is 11.9. The molecular formula is C15H24N2O2. The van der Waals surface area contributed by atoms with E-state index in [2.05, 4.69) is 12.2 Å². The fraction of sp³-hybridized carbons (Fsp3) is 0.533. The van der Waals surface area contributed by atoms with Gasteiger partial charge in [-0.15, -0.1) is 0 Å². The number of amides is 1. The molecule has 1 aromatic rings. The Labute approximate surface area is 115 Å². The van der Waals surface area contributed by atoms with E-state index in [1.165, 1.54) is 0 Å². The number of para-hydroxylation sites is 1. The first-order chi connectivity index (χ1) is 9.22. The smallest absolute Gasteiger partial charge is 0.234 e. The number of likely N-dealkylation sites (N-methyl/N-ethyl adjacent to an activating group) is 1. The molecule has 0 unspecified atom stereocenters. The normalized spacial score (nSPS) is 10.5. The van der Waals surface area contributed by atoms with Crippen molar-refractivity contribution >= 4 is 5.91 Å². The lowest BCUT2D eigenvalue weighted by molar-refractivity contribution is -0.122. The first-order valence-corrected chi connectivity index (χ1v) is 6.85. The predicted molar refractivity (Wildman–Crippen MR) is 77.4 cm³/mol. The summed E-state index contributed by atoms with van der Waals surface area (Å²) in [5, 5.41) is 2.85. The number of ether oxygens (including phenoxy) is 1. The zero-order valence-corrected chi connectivity index (χ0v) is 11.9. The summed E-state index contributed by atoms with van der Waals surface area (Å²) in [4.78, 5) is 13.7. The topological polar surface area (TPSA) is 41.6 Å². The molecule has 4 nitrogen and oxygen atoms in total. The van der Waals surface area contributed by atoms with Gasteiger partial charge in [-0.3, -0.25) is 9.69 Å². The van der Waals surface area contributed by atoms with Crippen LogP contribution in [-0.2, 0) is 4.79 Å². The molecule has 0 atom stereocenters. The molecular weight excluding hydrogens is 240 g/mol. The first-order valence-electron chi connectivity index (χ1n) is 6.85. The van der Waals surface area contributed by atoms with Gasteiger partial charge in [0, 0.05) is 0 Å². The van der Waals surface area contributed by atoms with Crippen LogP contribution in [0.25, 0.3) is 0 Å². The molecule has 0 heterocycles. The fourth-order valence-corrected chi connectivity index (χ4v) is 1.68. The minimum atomic E-state index is 0.0512. The summed E-state index contributed by atoms with van der Waals surface area (Å²) < 4.78 is 5.50. The molecule has 106 valence electrons. The molecule has 0 aliphatic heterocycles. The van der Waals surface area contributed by atoms with Crippen LogP contribution in [0.5, 0.6) is 5.75 Å². The molecule has 0 aromatic heterocycles.